The Morgan fingerprint density at radius 2 is 2.11 bits per heavy atom. The third-order valence-electron chi connectivity index (χ3n) is 2.02. The largest absolute Gasteiger partial charge is 0.374 e. The summed E-state index contributed by atoms with van der Waals surface area (Å²) >= 11 is 1.37. The topological polar surface area (TPSA) is 73.6 Å². The van der Waals surface area contributed by atoms with Crippen molar-refractivity contribution in [2.75, 3.05) is 13.2 Å². The van der Waals surface area contributed by atoms with Gasteiger partial charge in [-0.1, -0.05) is 0 Å². The lowest BCUT2D eigenvalue weighted by atomic mass is 10.2. The molecule has 0 bridgehead atoms. The van der Waals surface area contributed by atoms with Crippen molar-refractivity contribution in [3.63, 3.8) is 0 Å². The van der Waals surface area contributed by atoms with Crippen LogP contribution in [-0.4, -0.2) is 24.7 Å². The Morgan fingerprint density at radius 1 is 1.39 bits per heavy atom. The van der Waals surface area contributed by atoms with E-state index in [1.165, 1.54) is 11.3 Å². The zero-order valence-electron chi connectivity index (χ0n) is 11.0. The lowest BCUT2D eigenvalue weighted by Gasteiger charge is -2.19. The molecule has 0 saturated carbocycles. The van der Waals surface area contributed by atoms with Gasteiger partial charge in [0.25, 0.3) is 5.91 Å². The monoisotopic (exact) mass is 272 g/mol. The summed E-state index contributed by atoms with van der Waals surface area (Å²) in [6, 6.07) is 3.59. The molecule has 0 aromatic carbocycles. The first-order valence-electron chi connectivity index (χ1n) is 5.74. The molecule has 0 fully saturated rings. The van der Waals surface area contributed by atoms with Crippen LogP contribution in [-0.2, 0) is 16.1 Å². The molecular formula is C12H20N2O3S. The van der Waals surface area contributed by atoms with Gasteiger partial charge in [-0.2, -0.15) is 0 Å². The van der Waals surface area contributed by atoms with Crippen molar-refractivity contribution in [3.05, 3.63) is 21.9 Å². The van der Waals surface area contributed by atoms with Gasteiger partial charge in [0.05, 0.1) is 30.3 Å². The molecule has 1 heterocycles. The van der Waals surface area contributed by atoms with Gasteiger partial charge in [-0.25, -0.2) is 5.84 Å². The second-order valence-electron chi connectivity index (χ2n) is 4.75. The number of hydrogen-bond acceptors (Lipinski definition) is 5. The minimum absolute atomic E-state index is 0.140. The number of thiophene rings is 1. The highest BCUT2D eigenvalue weighted by atomic mass is 32.1. The van der Waals surface area contributed by atoms with Crippen LogP contribution in [0.25, 0.3) is 0 Å². The van der Waals surface area contributed by atoms with Gasteiger partial charge in [0.2, 0.25) is 0 Å². The maximum Gasteiger partial charge on any atom is 0.275 e. The van der Waals surface area contributed by atoms with Gasteiger partial charge in [-0.3, -0.25) is 10.2 Å². The average molecular weight is 272 g/mol. The maximum absolute atomic E-state index is 11.2. The molecule has 1 aromatic heterocycles. The summed E-state index contributed by atoms with van der Waals surface area (Å²) in [6.45, 7) is 7.59. The number of ether oxygens (including phenoxy) is 2. The van der Waals surface area contributed by atoms with E-state index in [9.17, 15) is 4.79 Å². The summed E-state index contributed by atoms with van der Waals surface area (Å²) in [7, 11) is 0. The molecule has 18 heavy (non-hydrogen) atoms. The van der Waals surface area contributed by atoms with Crippen LogP contribution in [0.15, 0.2) is 12.1 Å². The highest BCUT2D eigenvalue weighted by Gasteiger charge is 2.10. The standard InChI is InChI=1S/C12H20N2O3S/c1-12(2,3)17-7-6-16-8-9-4-5-10(18-9)11(15)14-13/h4-5H,6-8,13H2,1-3H3,(H,14,15). The van der Waals surface area contributed by atoms with E-state index < -0.39 is 0 Å². The predicted molar refractivity (Wildman–Crippen MR) is 71.3 cm³/mol. The summed E-state index contributed by atoms with van der Waals surface area (Å²) < 4.78 is 11.0. The molecule has 0 atom stereocenters. The SMILES string of the molecule is CC(C)(C)OCCOCc1ccc(C(=O)NN)s1. The Balaban J connectivity index is 2.24. The second-order valence-corrected chi connectivity index (χ2v) is 5.92. The van der Waals surface area contributed by atoms with E-state index in [1.807, 2.05) is 26.8 Å². The summed E-state index contributed by atoms with van der Waals surface area (Å²) in [4.78, 5) is 12.8. The fourth-order valence-electron chi connectivity index (χ4n) is 1.23. The lowest BCUT2D eigenvalue weighted by Crippen LogP contribution is -2.29. The molecule has 0 aliphatic carbocycles. The molecule has 0 saturated heterocycles. The number of carbonyl (C=O) groups excluding carboxylic acids is 1. The number of nitrogen functional groups attached to an aromatic ring is 1. The van der Waals surface area contributed by atoms with Gasteiger partial charge < -0.3 is 9.47 Å². The molecular weight excluding hydrogens is 252 g/mol. The number of nitrogens with one attached hydrogen (secondary N) is 1. The van der Waals surface area contributed by atoms with Crippen molar-refractivity contribution >= 4 is 17.2 Å². The fraction of sp³-hybridized carbons (Fsp3) is 0.583. The molecule has 1 rings (SSSR count). The Hall–Kier alpha value is -0.950. The zero-order chi connectivity index (χ0) is 13.6. The molecule has 6 heteroatoms. The number of carbonyl (C=O) groups is 1. The van der Waals surface area contributed by atoms with E-state index in [4.69, 9.17) is 15.3 Å². The number of hydrogen-bond donors (Lipinski definition) is 2. The molecule has 0 unspecified atom stereocenters. The van der Waals surface area contributed by atoms with Crippen molar-refractivity contribution in [1.82, 2.24) is 5.43 Å². The summed E-state index contributed by atoms with van der Waals surface area (Å²) in [5.74, 6) is 4.78. The van der Waals surface area contributed by atoms with Crippen molar-refractivity contribution in [2.45, 2.75) is 33.0 Å². The molecule has 5 nitrogen and oxygen atoms in total. The van der Waals surface area contributed by atoms with E-state index in [1.54, 1.807) is 6.07 Å². The Bertz CT molecular complexity index is 385. The molecule has 0 aliphatic rings. The number of hydrazine groups is 1. The third kappa shape index (κ3) is 5.59. The van der Waals surface area contributed by atoms with Crippen LogP contribution < -0.4 is 11.3 Å². The van der Waals surface area contributed by atoms with Crippen molar-refractivity contribution in [2.24, 2.45) is 5.84 Å². The first kappa shape index (κ1) is 15.1. The van der Waals surface area contributed by atoms with E-state index in [-0.39, 0.29) is 11.5 Å². The van der Waals surface area contributed by atoms with Crippen LogP contribution in [0, 0.1) is 0 Å². The van der Waals surface area contributed by atoms with Crippen molar-refractivity contribution < 1.29 is 14.3 Å². The highest BCUT2D eigenvalue weighted by molar-refractivity contribution is 7.14. The number of rotatable bonds is 6. The maximum atomic E-state index is 11.2. The summed E-state index contributed by atoms with van der Waals surface area (Å²) in [5.41, 5.74) is 1.96. The Kier molecular flexibility index (Phi) is 5.74. The quantitative estimate of drug-likeness (QED) is 0.358. The van der Waals surface area contributed by atoms with Crippen LogP contribution in [0.4, 0.5) is 0 Å². The first-order valence-corrected chi connectivity index (χ1v) is 6.55. The molecule has 0 radical (unpaired) electrons. The fourth-order valence-corrected chi connectivity index (χ4v) is 2.08. The smallest absolute Gasteiger partial charge is 0.275 e. The van der Waals surface area contributed by atoms with Crippen LogP contribution in [0.3, 0.4) is 0 Å². The van der Waals surface area contributed by atoms with Crippen LogP contribution >= 0.6 is 11.3 Å². The zero-order valence-corrected chi connectivity index (χ0v) is 11.8. The van der Waals surface area contributed by atoms with Gasteiger partial charge in [-0.15, -0.1) is 11.3 Å². The van der Waals surface area contributed by atoms with Gasteiger partial charge in [0, 0.05) is 4.88 Å². The van der Waals surface area contributed by atoms with Gasteiger partial charge in [0.15, 0.2) is 0 Å². The van der Waals surface area contributed by atoms with E-state index in [2.05, 4.69) is 5.43 Å². The Labute approximate surface area is 111 Å². The first-order chi connectivity index (χ1) is 8.42. The normalized spacial score (nSPS) is 11.6. The van der Waals surface area contributed by atoms with E-state index in [0.29, 0.717) is 24.7 Å². The molecule has 102 valence electrons. The number of nitrogens with two attached hydrogens (primary N) is 1. The summed E-state index contributed by atoms with van der Waals surface area (Å²) in [6.07, 6.45) is 0. The molecule has 0 aliphatic heterocycles. The van der Waals surface area contributed by atoms with Crippen molar-refractivity contribution in [1.29, 1.82) is 0 Å². The van der Waals surface area contributed by atoms with Gasteiger partial charge >= 0.3 is 0 Å². The van der Waals surface area contributed by atoms with Crippen molar-refractivity contribution in [3.8, 4) is 0 Å². The summed E-state index contributed by atoms with van der Waals surface area (Å²) in [5, 5.41) is 0. The Morgan fingerprint density at radius 3 is 2.72 bits per heavy atom. The van der Waals surface area contributed by atoms with Gasteiger partial charge in [-0.05, 0) is 32.9 Å². The highest BCUT2D eigenvalue weighted by Crippen LogP contribution is 2.17. The molecule has 3 N–H and O–H groups in total. The van der Waals surface area contributed by atoms with E-state index >= 15 is 0 Å². The predicted octanol–water partition coefficient (Wildman–Crippen LogP) is 1.68. The van der Waals surface area contributed by atoms with Crippen LogP contribution in [0.5, 0.6) is 0 Å². The third-order valence-corrected chi connectivity index (χ3v) is 3.08. The minimum atomic E-state index is -0.276. The van der Waals surface area contributed by atoms with Gasteiger partial charge in [0.1, 0.15) is 0 Å². The average Bonchev–Trinajstić information content (AvgIpc) is 2.75. The van der Waals surface area contributed by atoms with Crippen LogP contribution in [0.1, 0.15) is 35.3 Å². The number of amides is 1. The van der Waals surface area contributed by atoms with E-state index in [0.717, 1.165) is 4.88 Å². The second kappa shape index (κ2) is 6.84. The lowest BCUT2D eigenvalue weighted by molar-refractivity contribution is -0.0373. The molecule has 1 amide bonds. The minimum Gasteiger partial charge on any atom is -0.374 e. The molecule has 0 spiro atoms. The molecule has 1 aromatic rings. The van der Waals surface area contributed by atoms with Crippen LogP contribution in [0.2, 0.25) is 0 Å².